The van der Waals surface area contributed by atoms with Crippen molar-refractivity contribution in [1.29, 1.82) is 0 Å². The van der Waals surface area contributed by atoms with Crippen LogP contribution < -0.4 is 11.1 Å². The molecule has 0 amide bonds. The molecule has 2 rings (SSSR count). The molecule has 0 spiro atoms. The summed E-state index contributed by atoms with van der Waals surface area (Å²) in [4.78, 5) is 0.349. The van der Waals surface area contributed by atoms with Gasteiger partial charge in [-0.15, -0.1) is 0 Å². The van der Waals surface area contributed by atoms with Crippen molar-refractivity contribution in [3.63, 3.8) is 0 Å². The number of nitrogens with two attached hydrogens (primary N) is 1. The molecule has 1 aliphatic carbocycles. The van der Waals surface area contributed by atoms with Crippen LogP contribution in [0.4, 0.5) is 5.69 Å². The van der Waals surface area contributed by atoms with Gasteiger partial charge in [-0.1, -0.05) is 29.9 Å². The molecule has 3 N–H and O–H groups in total. The van der Waals surface area contributed by atoms with Crippen molar-refractivity contribution in [3.8, 4) is 0 Å². The van der Waals surface area contributed by atoms with Gasteiger partial charge in [0.25, 0.3) is 0 Å². The topological polar surface area (TPSA) is 38.0 Å². The standard InChI is InChI=1S/C11H13ClN2S/c12-8-5-2-6-9(10(8)11(13)15)14-7-3-1-4-7/h2,5-7,14H,1,3-4H2,(H2,13,15). The average molecular weight is 241 g/mol. The Hall–Kier alpha value is -0.800. The number of benzene rings is 1. The van der Waals surface area contributed by atoms with Crippen LogP contribution in [0.1, 0.15) is 24.8 Å². The molecular weight excluding hydrogens is 228 g/mol. The molecule has 1 saturated carbocycles. The van der Waals surface area contributed by atoms with E-state index < -0.39 is 0 Å². The van der Waals surface area contributed by atoms with Crippen LogP contribution in [0.15, 0.2) is 18.2 Å². The summed E-state index contributed by atoms with van der Waals surface area (Å²) >= 11 is 11.1. The molecule has 1 aliphatic rings. The van der Waals surface area contributed by atoms with Gasteiger partial charge in [0.15, 0.2) is 0 Å². The van der Waals surface area contributed by atoms with E-state index in [1.807, 2.05) is 18.2 Å². The first-order valence-corrected chi connectivity index (χ1v) is 5.82. The summed E-state index contributed by atoms with van der Waals surface area (Å²) < 4.78 is 0. The summed E-state index contributed by atoms with van der Waals surface area (Å²) in [5, 5.41) is 4.03. The highest BCUT2D eigenvalue weighted by molar-refractivity contribution is 7.80. The van der Waals surface area contributed by atoms with Crippen LogP contribution in [0.25, 0.3) is 0 Å². The highest BCUT2D eigenvalue weighted by Gasteiger charge is 2.19. The zero-order valence-electron chi connectivity index (χ0n) is 8.29. The number of hydrogen-bond donors (Lipinski definition) is 2. The maximum absolute atomic E-state index is 6.06. The van der Waals surface area contributed by atoms with E-state index in [2.05, 4.69) is 5.32 Å². The number of halogens is 1. The molecule has 1 aromatic rings. The SMILES string of the molecule is NC(=S)c1c(Cl)cccc1NC1CCC1. The molecule has 0 unspecified atom stereocenters. The number of nitrogens with one attached hydrogen (secondary N) is 1. The third-order valence-corrected chi connectivity index (χ3v) is 3.24. The van der Waals surface area contributed by atoms with E-state index in [0.717, 1.165) is 11.3 Å². The first kappa shape index (κ1) is 10.7. The summed E-state index contributed by atoms with van der Waals surface area (Å²) in [7, 11) is 0. The first-order valence-electron chi connectivity index (χ1n) is 5.03. The Kier molecular flexibility index (Phi) is 3.12. The molecule has 80 valence electrons. The highest BCUT2D eigenvalue weighted by Crippen LogP contribution is 2.28. The molecule has 15 heavy (non-hydrogen) atoms. The van der Waals surface area contributed by atoms with Gasteiger partial charge in [0, 0.05) is 11.7 Å². The van der Waals surface area contributed by atoms with Gasteiger partial charge in [-0.25, -0.2) is 0 Å². The second-order valence-corrected chi connectivity index (χ2v) is 4.65. The van der Waals surface area contributed by atoms with E-state index in [4.69, 9.17) is 29.6 Å². The molecule has 0 aromatic heterocycles. The number of rotatable bonds is 3. The van der Waals surface area contributed by atoms with E-state index in [0.29, 0.717) is 16.1 Å². The van der Waals surface area contributed by atoms with Gasteiger partial charge in [-0.3, -0.25) is 0 Å². The van der Waals surface area contributed by atoms with Crippen LogP contribution >= 0.6 is 23.8 Å². The van der Waals surface area contributed by atoms with Gasteiger partial charge in [-0.05, 0) is 31.4 Å². The Balaban J connectivity index is 2.27. The van der Waals surface area contributed by atoms with E-state index in [9.17, 15) is 0 Å². The molecule has 0 heterocycles. The van der Waals surface area contributed by atoms with Crippen molar-refractivity contribution in [2.75, 3.05) is 5.32 Å². The van der Waals surface area contributed by atoms with E-state index in [1.54, 1.807) is 0 Å². The lowest BCUT2D eigenvalue weighted by Crippen LogP contribution is -2.28. The van der Waals surface area contributed by atoms with Crippen LogP contribution in [-0.4, -0.2) is 11.0 Å². The molecule has 1 aromatic carbocycles. The largest absolute Gasteiger partial charge is 0.389 e. The molecule has 1 fully saturated rings. The maximum atomic E-state index is 6.06. The fourth-order valence-electron chi connectivity index (χ4n) is 1.67. The Morgan fingerprint density at radius 3 is 2.73 bits per heavy atom. The van der Waals surface area contributed by atoms with Crippen LogP contribution in [0.2, 0.25) is 5.02 Å². The minimum atomic E-state index is 0.349. The van der Waals surface area contributed by atoms with Gasteiger partial charge >= 0.3 is 0 Å². The lowest BCUT2D eigenvalue weighted by Gasteiger charge is -2.28. The van der Waals surface area contributed by atoms with Crippen molar-refractivity contribution in [1.82, 2.24) is 0 Å². The minimum absolute atomic E-state index is 0.349. The molecule has 2 nitrogen and oxygen atoms in total. The number of anilines is 1. The molecule has 0 aliphatic heterocycles. The van der Waals surface area contributed by atoms with Crippen LogP contribution in [0.3, 0.4) is 0 Å². The van der Waals surface area contributed by atoms with Gasteiger partial charge in [0.05, 0.1) is 10.6 Å². The minimum Gasteiger partial charge on any atom is -0.389 e. The number of hydrogen-bond acceptors (Lipinski definition) is 2. The molecule has 0 bridgehead atoms. The summed E-state index contributed by atoms with van der Waals surface area (Å²) in [6.45, 7) is 0. The average Bonchev–Trinajstić information content (AvgIpc) is 2.10. The smallest absolute Gasteiger partial charge is 0.107 e. The van der Waals surface area contributed by atoms with Crippen molar-refractivity contribution in [2.24, 2.45) is 5.73 Å². The Labute approximate surface area is 99.8 Å². The predicted octanol–water partition coefficient (Wildman–Crippen LogP) is 2.94. The Morgan fingerprint density at radius 2 is 2.20 bits per heavy atom. The summed E-state index contributed by atoms with van der Waals surface area (Å²) in [6.07, 6.45) is 3.72. The fraction of sp³-hybridized carbons (Fsp3) is 0.364. The lowest BCUT2D eigenvalue weighted by atomic mass is 9.92. The summed E-state index contributed by atoms with van der Waals surface area (Å²) in [5.41, 5.74) is 7.38. The van der Waals surface area contributed by atoms with Gasteiger partial charge in [-0.2, -0.15) is 0 Å². The van der Waals surface area contributed by atoms with Crippen molar-refractivity contribution in [2.45, 2.75) is 25.3 Å². The maximum Gasteiger partial charge on any atom is 0.107 e. The van der Waals surface area contributed by atoms with Crippen molar-refractivity contribution < 1.29 is 0 Å². The van der Waals surface area contributed by atoms with Crippen molar-refractivity contribution in [3.05, 3.63) is 28.8 Å². The summed E-state index contributed by atoms with van der Waals surface area (Å²) in [6, 6.07) is 6.24. The Morgan fingerprint density at radius 1 is 1.47 bits per heavy atom. The Bertz CT molecular complexity index is 388. The lowest BCUT2D eigenvalue weighted by molar-refractivity contribution is 0.445. The van der Waals surface area contributed by atoms with Gasteiger partial charge in [0.2, 0.25) is 0 Å². The molecule has 0 radical (unpaired) electrons. The normalized spacial score (nSPS) is 15.8. The third-order valence-electron chi connectivity index (χ3n) is 2.72. The fourth-order valence-corrected chi connectivity index (χ4v) is 2.22. The van der Waals surface area contributed by atoms with Crippen molar-refractivity contribution >= 4 is 34.5 Å². The summed E-state index contributed by atoms with van der Waals surface area (Å²) in [5.74, 6) is 0. The van der Waals surface area contributed by atoms with Crippen LogP contribution in [0.5, 0.6) is 0 Å². The molecular formula is C11H13ClN2S. The molecule has 0 atom stereocenters. The molecule has 0 saturated heterocycles. The third kappa shape index (κ3) is 2.24. The predicted molar refractivity (Wildman–Crippen MR) is 68.6 cm³/mol. The van der Waals surface area contributed by atoms with Crippen LogP contribution in [0, 0.1) is 0 Å². The van der Waals surface area contributed by atoms with Crippen LogP contribution in [-0.2, 0) is 0 Å². The highest BCUT2D eigenvalue weighted by atomic mass is 35.5. The monoisotopic (exact) mass is 240 g/mol. The van der Waals surface area contributed by atoms with Gasteiger partial charge < -0.3 is 11.1 Å². The quantitative estimate of drug-likeness (QED) is 0.798. The van der Waals surface area contributed by atoms with E-state index >= 15 is 0 Å². The zero-order chi connectivity index (χ0) is 10.8. The van der Waals surface area contributed by atoms with E-state index in [-0.39, 0.29) is 0 Å². The zero-order valence-corrected chi connectivity index (χ0v) is 9.87. The van der Waals surface area contributed by atoms with Gasteiger partial charge in [0.1, 0.15) is 4.99 Å². The first-order chi connectivity index (χ1) is 7.18. The second-order valence-electron chi connectivity index (χ2n) is 3.80. The molecule has 4 heteroatoms. The number of thiocarbonyl (C=S) groups is 1. The van der Waals surface area contributed by atoms with E-state index in [1.165, 1.54) is 19.3 Å². The second kappa shape index (κ2) is 4.37.